The zero-order valence-electron chi connectivity index (χ0n) is 14.0. The van der Waals surface area contributed by atoms with E-state index in [2.05, 4.69) is 16.4 Å². The first-order valence-corrected chi connectivity index (χ1v) is 9.47. The molecule has 1 atom stereocenters. The van der Waals surface area contributed by atoms with Gasteiger partial charge in [-0.1, -0.05) is 0 Å². The zero-order chi connectivity index (χ0) is 18.1. The van der Waals surface area contributed by atoms with Gasteiger partial charge >= 0.3 is 0 Å². The van der Waals surface area contributed by atoms with Crippen LogP contribution >= 0.6 is 0 Å². The number of aromatic nitrogens is 1. The van der Waals surface area contributed by atoms with Gasteiger partial charge in [0.15, 0.2) is 4.90 Å². The summed E-state index contributed by atoms with van der Waals surface area (Å²) in [5.74, 6) is -0.312. The number of nitrogens with one attached hydrogen (secondary N) is 2. The van der Waals surface area contributed by atoms with Crippen molar-refractivity contribution in [2.75, 3.05) is 26.2 Å². The molecule has 2 aromatic carbocycles. The van der Waals surface area contributed by atoms with Gasteiger partial charge in [-0.2, -0.15) is 5.26 Å². The van der Waals surface area contributed by atoms with Crippen molar-refractivity contribution in [2.24, 2.45) is 0 Å². The Morgan fingerprint density at radius 2 is 1.92 bits per heavy atom. The van der Waals surface area contributed by atoms with Gasteiger partial charge in [-0.25, -0.2) is 4.39 Å². The lowest BCUT2D eigenvalue weighted by Crippen LogP contribution is -2.46. The van der Waals surface area contributed by atoms with Crippen molar-refractivity contribution in [1.29, 1.82) is 5.26 Å². The Morgan fingerprint density at radius 1 is 1.12 bits per heavy atom. The summed E-state index contributed by atoms with van der Waals surface area (Å²) in [5, 5.41) is 13.7. The van der Waals surface area contributed by atoms with Crippen LogP contribution in [0.15, 0.2) is 47.5 Å². The first-order valence-electron chi connectivity index (χ1n) is 8.36. The van der Waals surface area contributed by atoms with E-state index in [0.717, 1.165) is 29.6 Å². The maximum absolute atomic E-state index is 13.4. The Bertz CT molecular complexity index is 991. The van der Waals surface area contributed by atoms with E-state index in [9.17, 15) is 14.2 Å². The second-order valence-electron chi connectivity index (χ2n) is 6.14. The summed E-state index contributed by atoms with van der Waals surface area (Å²) in [7, 11) is 0. The average Bonchev–Trinajstić information content (AvgIpc) is 3.10. The van der Waals surface area contributed by atoms with Gasteiger partial charge in [-0.3, -0.25) is 0 Å². The van der Waals surface area contributed by atoms with E-state index in [1.54, 1.807) is 24.4 Å². The zero-order valence-corrected chi connectivity index (χ0v) is 14.8. The summed E-state index contributed by atoms with van der Waals surface area (Å²) in [5.41, 5.74) is 2.70. The number of benzene rings is 2. The lowest BCUT2D eigenvalue weighted by molar-refractivity contribution is 0.360. The van der Waals surface area contributed by atoms with Gasteiger partial charge in [0.25, 0.3) is 0 Å². The quantitative estimate of drug-likeness (QED) is 0.697. The van der Waals surface area contributed by atoms with Crippen LogP contribution in [0.4, 0.5) is 4.39 Å². The molecule has 3 aromatic rings. The van der Waals surface area contributed by atoms with Crippen LogP contribution in [0.25, 0.3) is 22.0 Å². The van der Waals surface area contributed by atoms with Crippen LogP contribution < -0.4 is 5.32 Å². The standard InChI is InChI=1S/C19H17FN4OS/c20-14-1-3-17-18(12-23-19(17)10-14)16-4-2-15(9-13(16)11-21)26(25)24-7-5-22-6-8-24/h1-4,9-10,12,22-23H,5-8H2. The molecule has 0 aliphatic carbocycles. The third kappa shape index (κ3) is 3.08. The smallest absolute Gasteiger partial charge is 0.175 e. The number of H-pyrrole nitrogens is 1. The molecule has 0 amide bonds. The molecule has 0 spiro atoms. The van der Waals surface area contributed by atoms with Gasteiger partial charge in [0, 0.05) is 47.4 Å². The van der Waals surface area contributed by atoms with Gasteiger partial charge in [-0.15, -0.1) is 4.31 Å². The summed E-state index contributed by atoms with van der Waals surface area (Å²) >= 11 is -1.28. The highest BCUT2D eigenvalue weighted by Gasteiger charge is 2.25. The van der Waals surface area contributed by atoms with Crippen LogP contribution in [0.1, 0.15) is 5.56 Å². The number of fused-ring (bicyclic) bond motifs is 1. The van der Waals surface area contributed by atoms with E-state index < -0.39 is 11.4 Å². The van der Waals surface area contributed by atoms with Crippen LogP contribution in [0, 0.1) is 17.1 Å². The first-order chi connectivity index (χ1) is 12.7. The van der Waals surface area contributed by atoms with Crippen molar-refractivity contribution in [3.05, 3.63) is 54.0 Å². The second kappa shape index (κ2) is 7.09. The van der Waals surface area contributed by atoms with E-state index in [0.29, 0.717) is 29.1 Å². The van der Waals surface area contributed by atoms with E-state index in [1.807, 2.05) is 10.4 Å². The van der Waals surface area contributed by atoms with Crippen LogP contribution in [-0.2, 0) is 11.4 Å². The molecule has 5 nitrogen and oxygen atoms in total. The van der Waals surface area contributed by atoms with Gasteiger partial charge < -0.3 is 14.9 Å². The first kappa shape index (κ1) is 17.1. The largest absolute Gasteiger partial charge is 0.593 e. The van der Waals surface area contributed by atoms with Crippen molar-refractivity contribution in [1.82, 2.24) is 14.6 Å². The Hall–Kier alpha value is -2.37. The van der Waals surface area contributed by atoms with Crippen LogP contribution in [-0.4, -0.2) is 40.0 Å². The monoisotopic (exact) mass is 368 g/mol. The van der Waals surface area contributed by atoms with E-state index in [1.165, 1.54) is 12.1 Å². The lowest BCUT2D eigenvalue weighted by atomic mass is 10.00. The maximum Gasteiger partial charge on any atom is 0.175 e. The molecule has 0 bridgehead atoms. The Labute approximate surface area is 153 Å². The molecule has 2 heterocycles. The molecule has 2 N–H and O–H groups in total. The minimum Gasteiger partial charge on any atom is -0.593 e. The summed E-state index contributed by atoms with van der Waals surface area (Å²) in [4.78, 5) is 3.67. The fraction of sp³-hybridized carbons (Fsp3) is 0.211. The summed E-state index contributed by atoms with van der Waals surface area (Å²) in [6.45, 7) is 3.04. The SMILES string of the molecule is N#Cc1cc([S+]([O-])N2CCNCC2)ccc1-c1c[nH]c2cc(F)ccc12. The lowest BCUT2D eigenvalue weighted by Gasteiger charge is -2.27. The number of halogens is 1. The van der Waals surface area contributed by atoms with Crippen molar-refractivity contribution < 1.29 is 8.94 Å². The number of nitrogens with zero attached hydrogens (tertiary/aromatic N) is 2. The summed E-state index contributed by atoms with van der Waals surface area (Å²) in [6.07, 6.45) is 1.77. The van der Waals surface area contributed by atoms with E-state index >= 15 is 0 Å². The fourth-order valence-corrected chi connectivity index (χ4v) is 4.46. The molecule has 1 aliphatic heterocycles. The molecular weight excluding hydrogens is 351 g/mol. The second-order valence-corrected chi connectivity index (χ2v) is 7.63. The molecule has 1 saturated heterocycles. The van der Waals surface area contributed by atoms with E-state index in [4.69, 9.17) is 0 Å². The molecule has 1 fully saturated rings. The number of nitriles is 1. The molecule has 1 unspecified atom stereocenters. The van der Waals surface area contributed by atoms with Gasteiger partial charge in [0.05, 0.1) is 36.1 Å². The maximum atomic E-state index is 13.4. The molecule has 0 radical (unpaired) electrons. The number of rotatable bonds is 3. The molecule has 1 aromatic heterocycles. The van der Waals surface area contributed by atoms with Crippen molar-refractivity contribution in [2.45, 2.75) is 4.90 Å². The number of hydrogen-bond acceptors (Lipinski definition) is 4. The Balaban J connectivity index is 1.72. The highest BCUT2D eigenvalue weighted by molar-refractivity contribution is 7.89. The summed E-state index contributed by atoms with van der Waals surface area (Å²) in [6, 6.07) is 12.0. The van der Waals surface area contributed by atoms with Crippen LogP contribution in [0.5, 0.6) is 0 Å². The van der Waals surface area contributed by atoms with Crippen LogP contribution in [0.3, 0.4) is 0 Å². The normalized spacial score (nSPS) is 16.5. The fourth-order valence-electron chi connectivity index (χ4n) is 3.24. The average molecular weight is 368 g/mol. The molecular formula is C19H17FN4OS. The molecule has 0 saturated carbocycles. The molecule has 1 aliphatic rings. The third-order valence-corrected chi connectivity index (χ3v) is 6.05. The van der Waals surface area contributed by atoms with Gasteiger partial charge in [-0.05, 0) is 30.3 Å². The molecule has 4 rings (SSSR count). The minimum absolute atomic E-state index is 0.312. The Kier molecular flexibility index (Phi) is 4.66. The number of aromatic amines is 1. The van der Waals surface area contributed by atoms with Gasteiger partial charge in [0.1, 0.15) is 5.82 Å². The minimum atomic E-state index is -1.28. The van der Waals surface area contributed by atoms with Crippen molar-refractivity contribution >= 4 is 22.3 Å². The molecule has 26 heavy (non-hydrogen) atoms. The Morgan fingerprint density at radius 3 is 2.69 bits per heavy atom. The number of hydrogen-bond donors (Lipinski definition) is 2. The predicted octanol–water partition coefficient (Wildman–Crippen LogP) is 2.77. The van der Waals surface area contributed by atoms with Crippen LogP contribution in [0.2, 0.25) is 0 Å². The highest BCUT2D eigenvalue weighted by atomic mass is 32.2. The summed E-state index contributed by atoms with van der Waals surface area (Å²) < 4.78 is 28.1. The van der Waals surface area contributed by atoms with Crippen molar-refractivity contribution in [3.63, 3.8) is 0 Å². The van der Waals surface area contributed by atoms with Crippen molar-refractivity contribution in [3.8, 4) is 17.2 Å². The number of piperazine rings is 1. The highest BCUT2D eigenvalue weighted by Crippen LogP contribution is 2.33. The van der Waals surface area contributed by atoms with Gasteiger partial charge in [0.2, 0.25) is 0 Å². The third-order valence-electron chi connectivity index (χ3n) is 4.56. The predicted molar refractivity (Wildman–Crippen MR) is 99.3 cm³/mol. The van der Waals surface area contributed by atoms with E-state index in [-0.39, 0.29) is 5.82 Å². The molecule has 132 valence electrons. The topological polar surface area (TPSA) is 77.9 Å². The molecule has 7 heteroatoms.